The summed E-state index contributed by atoms with van der Waals surface area (Å²) in [5.74, 6) is -1.07. The van der Waals surface area contributed by atoms with Gasteiger partial charge in [-0.3, -0.25) is 0 Å². The Morgan fingerprint density at radius 1 is 0.893 bits per heavy atom. The van der Waals surface area contributed by atoms with Crippen molar-refractivity contribution in [3.05, 3.63) is 58.9 Å². The molecule has 4 rings (SSSR count). The van der Waals surface area contributed by atoms with Crippen molar-refractivity contribution in [1.29, 1.82) is 0 Å². The van der Waals surface area contributed by atoms with Crippen LogP contribution in [0.5, 0.6) is 0 Å². The van der Waals surface area contributed by atoms with Gasteiger partial charge in [0.05, 0.1) is 32.0 Å². The first-order valence-electron chi connectivity index (χ1n) is 9.95. The zero-order valence-corrected chi connectivity index (χ0v) is 15.9. The van der Waals surface area contributed by atoms with Crippen LogP contribution in [0.25, 0.3) is 0 Å². The first kappa shape index (κ1) is 19.5. The molecule has 1 aromatic carbocycles. The molecule has 152 valence electrons. The number of nitrogens with one attached hydrogen (secondary N) is 2. The average molecular weight is 391 g/mol. The van der Waals surface area contributed by atoms with E-state index in [1.807, 2.05) is 0 Å². The van der Waals surface area contributed by atoms with E-state index in [9.17, 15) is 8.78 Å². The number of hydrogen-bond acceptors (Lipinski definition) is 4. The standard InChI is InChI=1S/C21H27F2N3O2/c22-16-2-1-15(21(23)9-16)14-26-17(10-19-12-24-5-7-27-19)3-4-18(26)11-20-13-25-6-8-28-20/h1-4,9,19-20,24-25H,5-8,10-14H2. The van der Waals surface area contributed by atoms with E-state index in [1.54, 1.807) is 0 Å². The molecule has 0 bridgehead atoms. The molecule has 0 saturated carbocycles. The highest BCUT2D eigenvalue weighted by Gasteiger charge is 2.21. The maximum atomic E-state index is 14.3. The first-order valence-corrected chi connectivity index (χ1v) is 9.95. The second-order valence-electron chi connectivity index (χ2n) is 7.44. The van der Waals surface area contributed by atoms with Gasteiger partial charge >= 0.3 is 0 Å². The van der Waals surface area contributed by atoms with Gasteiger partial charge in [0.25, 0.3) is 0 Å². The van der Waals surface area contributed by atoms with Crippen LogP contribution in [0.3, 0.4) is 0 Å². The van der Waals surface area contributed by atoms with Crippen LogP contribution in [0.15, 0.2) is 30.3 Å². The van der Waals surface area contributed by atoms with Crippen molar-refractivity contribution >= 4 is 0 Å². The Hall–Kier alpha value is -1.80. The van der Waals surface area contributed by atoms with Crippen molar-refractivity contribution < 1.29 is 18.3 Å². The third-order valence-electron chi connectivity index (χ3n) is 5.39. The summed E-state index contributed by atoms with van der Waals surface area (Å²) in [5, 5.41) is 6.70. The van der Waals surface area contributed by atoms with Crippen LogP contribution < -0.4 is 10.6 Å². The zero-order chi connectivity index (χ0) is 19.3. The van der Waals surface area contributed by atoms with Crippen molar-refractivity contribution in [2.45, 2.75) is 31.6 Å². The monoisotopic (exact) mass is 391 g/mol. The molecule has 2 aliphatic heterocycles. The Labute approximate surface area is 164 Å². The molecule has 3 heterocycles. The third kappa shape index (κ3) is 4.78. The van der Waals surface area contributed by atoms with E-state index in [-0.39, 0.29) is 12.2 Å². The molecule has 5 nitrogen and oxygen atoms in total. The number of nitrogens with zero attached hydrogens (tertiary/aromatic N) is 1. The molecule has 7 heteroatoms. The topological polar surface area (TPSA) is 47.5 Å². The van der Waals surface area contributed by atoms with Crippen LogP contribution in [0, 0.1) is 11.6 Å². The molecule has 1 aromatic heterocycles. The fourth-order valence-corrected chi connectivity index (χ4v) is 3.90. The van der Waals surface area contributed by atoms with Crippen LogP contribution >= 0.6 is 0 Å². The van der Waals surface area contributed by atoms with Crippen molar-refractivity contribution in [1.82, 2.24) is 15.2 Å². The van der Waals surface area contributed by atoms with E-state index in [0.29, 0.717) is 25.3 Å². The maximum absolute atomic E-state index is 14.3. The van der Waals surface area contributed by atoms with Gasteiger partial charge in [-0.2, -0.15) is 0 Å². The number of halogens is 2. The van der Waals surface area contributed by atoms with Crippen LogP contribution in [-0.2, 0) is 28.9 Å². The zero-order valence-electron chi connectivity index (χ0n) is 15.9. The molecular weight excluding hydrogens is 364 g/mol. The minimum Gasteiger partial charge on any atom is -0.375 e. The molecule has 0 radical (unpaired) electrons. The van der Waals surface area contributed by atoms with E-state index >= 15 is 0 Å². The predicted molar refractivity (Wildman–Crippen MR) is 103 cm³/mol. The van der Waals surface area contributed by atoms with E-state index in [2.05, 4.69) is 27.3 Å². The minimum atomic E-state index is -0.558. The molecule has 2 saturated heterocycles. The lowest BCUT2D eigenvalue weighted by atomic mass is 10.1. The number of rotatable bonds is 6. The normalized spacial score (nSPS) is 23.1. The number of ether oxygens (including phenoxy) is 2. The van der Waals surface area contributed by atoms with Gasteiger partial charge in [-0.1, -0.05) is 6.07 Å². The lowest BCUT2D eigenvalue weighted by Gasteiger charge is -2.26. The summed E-state index contributed by atoms with van der Waals surface area (Å²) in [6.07, 6.45) is 1.70. The Morgan fingerprint density at radius 3 is 2.00 bits per heavy atom. The lowest BCUT2D eigenvalue weighted by Crippen LogP contribution is -2.40. The molecule has 0 aliphatic carbocycles. The largest absolute Gasteiger partial charge is 0.375 e. The van der Waals surface area contributed by atoms with Crippen molar-refractivity contribution in [3.63, 3.8) is 0 Å². The highest BCUT2D eigenvalue weighted by atomic mass is 19.1. The van der Waals surface area contributed by atoms with E-state index < -0.39 is 11.6 Å². The van der Waals surface area contributed by atoms with E-state index in [1.165, 1.54) is 12.1 Å². The fourth-order valence-electron chi connectivity index (χ4n) is 3.90. The summed E-state index contributed by atoms with van der Waals surface area (Å²) in [7, 11) is 0. The molecular formula is C21H27F2N3O2. The van der Waals surface area contributed by atoms with Crippen molar-refractivity contribution in [2.75, 3.05) is 39.4 Å². The number of benzene rings is 1. The molecule has 2 atom stereocenters. The minimum absolute atomic E-state index is 0.0981. The fraction of sp³-hybridized carbons (Fsp3) is 0.524. The Morgan fingerprint density at radius 2 is 1.50 bits per heavy atom. The first-order chi connectivity index (χ1) is 13.7. The highest BCUT2D eigenvalue weighted by Crippen LogP contribution is 2.20. The van der Waals surface area contributed by atoms with Gasteiger partial charge in [-0.05, 0) is 18.2 Å². The molecule has 2 aliphatic rings. The van der Waals surface area contributed by atoms with Crippen LogP contribution in [0.1, 0.15) is 17.0 Å². The van der Waals surface area contributed by atoms with E-state index in [0.717, 1.165) is 56.5 Å². The summed E-state index contributed by atoms with van der Waals surface area (Å²) in [6.45, 7) is 5.12. The Balaban J connectivity index is 1.57. The molecule has 2 unspecified atom stereocenters. The Bertz CT molecular complexity index is 746. The van der Waals surface area contributed by atoms with Gasteiger partial charge in [-0.15, -0.1) is 0 Å². The predicted octanol–water partition coefficient (Wildman–Crippen LogP) is 1.88. The van der Waals surface area contributed by atoms with Gasteiger partial charge < -0.3 is 24.7 Å². The van der Waals surface area contributed by atoms with Gasteiger partial charge in [0.15, 0.2) is 0 Å². The number of morpholine rings is 2. The molecule has 28 heavy (non-hydrogen) atoms. The summed E-state index contributed by atoms with van der Waals surface area (Å²) < 4.78 is 41.4. The van der Waals surface area contributed by atoms with Crippen LogP contribution in [0.4, 0.5) is 8.78 Å². The SMILES string of the molecule is Fc1ccc(Cn2c(CC3CNCCO3)ccc2CC2CNCCO2)c(F)c1. The van der Waals surface area contributed by atoms with Gasteiger partial charge in [-0.25, -0.2) is 8.78 Å². The van der Waals surface area contributed by atoms with Gasteiger partial charge in [0.1, 0.15) is 11.6 Å². The maximum Gasteiger partial charge on any atom is 0.131 e. The quantitative estimate of drug-likeness (QED) is 0.790. The second kappa shape index (κ2) is 9.13. The van der Waals surface area contributed by atoms with Crippen LogP contribution in [0.2, 0.25) is 0 Å². The van der Waals surface area contributed by atoms with Crippen molar-refractivity contribution in [2.24, 2.45) is 0 Å². The Kier molecular flexibility index (Phi) is 6.36. The smallest absolute Gasteiger partial charge is 0.131 e. The van der Waals surface area contributed by atoms with Crippen LogP contribution in [-0.4, -0.2) is 56.2 Å². The lowest BCUT2D eigenvalue weighted by molar-refractivity contribution is 0.0266. The highest BCUT2D eigenvalue weighted by molar-refractivity contribution is 5.24. The number of aromatic nitrogens is 1. The summed E-state index contributed by atoms with van der Waals surface area (Å²) >= 11 is 0. The summed E-state index contributed by atoms with van der Waals surface area (Å²) in [6, 6.07) is 7.95. The van der Waals surface area contributed by atoms with Gasteiger partial charge in [0, 0.05) is 62.0 Å². The summed E-state index contributed by atoms with van der Waals surface area (Å²) in [5.41, 5.74) is 2.66. The molecule has 2 fully saturated rings. The summed E-state index contributed by atoms with van der Waals surface area (Å²) in [4.78, 5) is 0. The third-order valence-corrected chi connectivity index (χ3v) is 5.39. The van der Waals surface area contributed by atoms with Crippen molar-refractivity contribution in [3.8, 4) is 0 Å². The second-order valence-corrected chi connectivity index (χ2v) is 7.44. The molecule has 0 amide bonds. The molecule has 2 N–H and O–H groups in total. The van der Waals surface area contributed by atoms with Gasteiger partial charge in [0.2, 0.25) is 0 Å². The molecule has 2 aromatic rings. The van der Waals surface area contributed by atoms with E-state index in [4.69, 9.17) is 9.47 Å². The molecule has 0 spiro atoms. The average Bonchev–Trinajstić information content (AvgIpc) is 3.07. The number of hydrogen-bond donors (Lipinski definition) is 2.